The van der Waals surface area contributed by atoms with Gasteiger partial charge in [-0.15, -0.1) is 0 Å². The Morgan fingerprint density at radius 2 is 1.89 bits per heavy atom. The summed E-state index contributed by atoms with van der Waals surface area (Å²) in [5.74, 6) is -1.10. The molecule has 0 aliphatic heterocycles. The van der Waals surface area contributed by atoms with E-state index >= 15 is 0 Å². The maximum atomic E-state index is 13.7. The van der Waals surface area contributed by atoms with Gasteiger partial charge in [0.15, 0.2) is 11.5 Å². The fourth-order valence-electron chi connectivity index (χ4n) is 2.09. The minimum Gasteiger partial charge on any atom is -0.490 e. The van der Waals surface area contributed by atoms with Crippen LogP contribution in [0.4, 0.5) is 4.39 Å². The molecule has 0 spiro atoms. The first-order valence-electron chi connectivity index (χ1n) is 8.23. The van der Waals surface area contributed by atoms with Crippen LogP contribution in [0.25, 0.3) is 0 Å². The SMILES string of the molecule is CCOc1cc(/C=N\NC(=O)C(=O)NC)ccc1OCc1ccccc1F. The second-order valence-electron chi connectivity index (χ2n) is 5.30. The number of halogens is 1. The van der Waals surface area contributed by atoms with Gasteiger partial charge < -0.3 is 14.8 Å². The van der Waals surface area contributed by atoms with Crippen molar-refractivity contribution in [1.29, 1.82) is 0 Å². The summed E-state index contributed by atoms with van der Waals surface area (Å²) in [5.41, 5.74) is 3.16. The Morgan fingerprint density at radius 1 is 1.11 bits per heavy atom. The predicted octanol–water partition coefficient (Wildman–Crippen LogP) is 2.00. The van der Waals surface area contributed by atoms with Crippen LogP contribution in [0.1, 0.15) is 18.1 Å². The number of nitrogens with zero attached hydrogens (tertiary/aromatic N) is 1. The summed E-state index contributed by atoms with van der Waals surface area (Å²) in [6, 6.07) is 11.4. The van der Waals surface area contributed by atoms with Gasteiger partial charge in [-0.05, 0) is 36.8 Å². The first kappa shape index (κ1) is 19.9. The smallest absolute Gasteiger partial charge is 0.329 e. The molecule has 142 valence electrons. The van der Waals surface area contributed by atoms with E-state index in [1.54, 1.807) is 36.4 Å². The van der Waals surface area contributed by atoms with Crippen molar-refractivity contribution >= 4 is 18.0 Å². The van der Waals surface area contributed by atoms with Crippen molar-refractivity contribution in [3.63, 3.8) is 0 Å². The highest BCUT2D eigenvalue weighted by molar-refractivity contribution is 6.34. The lowest BCUT2D eigenvalue weighted by molar-refractivity contribution is -0.138. The molecule has 27 heavy (non-hydrogen) atoms. The molecule has 0 heterocycles. The van der Waals surface area contributed by atoms with Gasteiger partial charge in [-0.2, -0.15) is 5.10 Å². The molecule has 0 bridgehead atoms. The number of amides is 2. The van der Waals surface area contributed by atoms with Crippen LogP contribution in [0, 0.1) is 5.82 Å². The second kappa shape index (κ2) is 9.91. The van der Waals surface area contributed by atoms with Crippen molar-refractivity contribution in [2.75, 3.05) is 13.7 Å². The Labute approximate surface area is 156 Å². The summed E-state index contributed by atoms with van der Waals surface area (Å²) in [4.78, 5) is 22.4. The number of hydrogen-bond donors (Lipinski definition) is 2. The van der Waals surface area contributed by atoms with E-state index in [4.69, 9.17) is 9.47 Å². The van der Waals surface area contributed by atoms with Crippen LogP contribution in [-0.4, -0.2) is 31.7 Å². The predicted molar refractivity (Wildman–Crippen MR) is 98.1 cm³/mol. The van der Waals surface area contributed by atoms with Gasteiger partial charge in [0.05, 0.1) is 12.8 Å². The van der Waals surface area contributed by atoms with E-state index in [-0.39, 0.29) is 12.4 Å². The normalized spacial score (nSPS) is 10.5. The molecule has 0 aliphatic carbocycles. The van der Waals surface area contributed by atoms with Crippen molar-refractivity contribution in [2.24, 2.45) is 5.10 Å². The van der Waals surface area contributed by atoms with Crippen LogP contribution in [0.5, 0.6) is 11.5 Å². The van der Waals surface area contributed by atoms with E-state index in [2.05, 4.69) is 15.8 Å². The van der Waals surface area contributed by atoms with E-state index in [0.29, 0.717) is 29.2 Å². The van der Waals surface area contributed by atoms with Gasteiger partial charge in [-0.3, -0.25) is 9.59 Å². The lowest BCUT2D eigenvalue weighted by atomic mass is 10.2. The van der Waals surface area contributed by atoms with Crippen LogP contribution >= 0.6 is 0 Å². The zero-order valence-electron chi connectivity index (χ0n) is 15.0. The summed E-state index contributed by atoms with van der Waals surface area (Å²) in [6.07, 6.45) is 1.37. The molecule has 0 saturated carbocycles. The molecule has 2 N–H and O–H groups in total. The number of carbonyl (C=O) groups excluding carboxylic acids is 2. The highest BCUT2D eigenvalue weighted by atomic mass is 19.1. The van der Waals surface area contributed by atoms with E-state index in [0.717, 1.165) is 0 Å². The third-order valence-electron chi connectivity index (χ3n) is 3.42. The Balaban J connectivity index is 2.08. The quantitative estimate of drug-likeness (QED) is 0.441. The minimum atomic E-state index is -0.872. The molecule has 2 aromatic rings. The number of benzene rings is 2. The van der Waals surface area contributed by atoms with Gasteiger partial charge in [-0.25, -0.2) is 9.82 Å². The molecular weight excluding hydrogens is 353 g/mol. The zero-order valence-corrected chi connectivity index (χ0v) is 15.0. The van der Waals surface area contributed by atoms with E-state index in [1.807, 2.05) is 6.92 Å². The van der Waals surface area contributed by atoms with E-state index in [9.17, 15) is 14.0 Å². The highest BCUT2D eigenvalue weighted by Crippen LogP contribution is 2.29. The average Bonchev–Trinajstić information content (AvgIpc) is 2.68. The van der Waals surface area contributed by atoms with Gasteiger partial charge in [-0.1, -0.05) is 18.2 Å². The largest absolute Gasteiger partial charge is 0.490 e. The molecule has 0 aliphatic rings. The molecule has 0 unspecified atom stereocenters. The lowest BCUT2D eigenvalue weighted by Gasteiger charge is -2.13. The van der Waals surface area contributed by atoms with Crippen LogP contribution < -0.4 is 20.2 Å². The van der Waals surface area contributed by atoms with Crippen molar-refractivity contribution < 1.29 is 23.5 Å². The van der Waals surface area contributed by atoms with E-state index < -0.39 is 11.8 Å². The summed E-state index contributed by atoms with van der Waals surface area (Å²) in [5, 5.41) is 5.91. The Morgan fingerprint density at radius 3 is 2.59 bits per heavy atom. The van der Waals surface area contributed by atoms with Crippen LogP contribution in [0.2, 0.25) is 0 Å². The molecule has 0 atom stereocenters. The number of carbonyl (C=O) groups is 2. The molecule has 0 radical (unpaired) electrons. The number of nitrogens with one attached hydrogen (secondary N) is 2. The molecule has 2 aromatic carbocycles. The van der Waals surface area contributed by atoms with Gasteiger partial charge in [0.2, 0.25) is 0 Å². The van der Waals surface area contributed by atoms with Crippen LogP contribution in [0.15, 0.2) is 47.6 Å². The highest BCUT2D eigenvalue weighted by Gasteiger charge is 2.10. The summed E-state index contributed by atoms with van der Waals surface area (Å²) >= 11 is 0. The number of hydrogen-bond acceptors (Lipinski definition) is 5. The number of likely N-dealkylation sites (N-methyl/N-ethyl adjacent to an activating group) is 1. The molecule has 2 rings (SSSR count). The van der Waals surface area contributed by atoms with Crippen LogP contribution in [-0.2, 0) is 16.2 Å². The fraction of sp³-hybridized carbons (Fsp3) is 0.211. The minimum absolute atomic E-state index is 0.0579. The van der Waals surface area contributed by atoms with E-state index in [1.165, 1.54) is 19.3 Å². The Bertz CT molecular complexity index is 839. The third kappa shape index (κ3) is 5.81. The first-order chi connectivity index (χ1) is 13.0. The molecule has 0 saturated heterocycles. The second-order valence-corrected chi connectivity index (χ2v) is 5.30. The molecule has 2 amide bonds. The van der Waals surface area contributed by atoms with Crippen LogP contribution in [0.3, 0.4) is 0 Å². The number of ether oxygens (including phenoxy) is 2. The van der Waals surface area contributed by atoms with Crippen molar-refractivity contribution in [3.8, 4) is 11.5 Å². The number of rotatable bonds is 7. The first-order valence-corrected chi connectivity index (χ1v) is 8.23. The summed E-state index contributed by atoms with van der Waals surface area (Å²) < 4.78 is 24.9. The Kier molecular flexibility index (Phi) is 7.30. The van der Waals surface area contributed by atoms with Gasteiger partial charge in [0.25, 0.3) is 0 Å². The zero-order chi connectivity index (χ0) is 19.6. The summed E-state index contributed by atoms with van der Waals surface area (Å²) in [7, 11) is 1.35. The molecular formula is C19H20FN3O4. The average molecular weight is 373 g/mol. The lowest BCUT2D eigenvalue weighted by Crippen LogP contribution is -2.35. The topological polar surface area (TPSA) is 89.0 Å². The summed E-state index contributed by atoms with van der Waals surface area (Å²) in [6.45, 7) is 2.29. The fourth-order valence-corrected chi connectivity index (χ4v) is 2.09. The molecule has 7 nitrogen and oxygen atoms in total. The Hall–Kier alpha value is -3.42. The van der Waals surface area contributed by atoms with Crippen molar-refractivity contribution in [3.05, 3.63) is 59.4 Å². The monoisotopic (exact) mass is 373 g/mol. The van der Waals surface area contributed by atoms with Gasteiger partial charge in [0.1, 0.15) is 12.4 Å². The molecule has 0 fully saturated rings. The number of hydrazone groups is 1. The maximum Gasteiger partial charge on any atom is 0.329 e. The molecule has 0 aromatic heterocycles. The van der Waals surface area contributed by atoms with Gasteiger partial charge >= 0.3 is 11.8 Å². The van der Waals surface area contributed by atoms with Gasteiger partial charge in [0, 0.05) is 12.6 Å². The maximum absolute atomic E-state index is 13.7. The third-order valence-corrected chi connectivity index (χ3v) is 3.42. The standard InChI is InChI=1S/C19H20FN3O4/c1-3-26-17-10-13(11-22-23-19(25)18(24)21-2)8-9-16(17)27-12-14-6-4-5-7-15(14)20/h4-11H,3,12H2,1-2H3,(H,21,24)(H,23,25)/b22-11-. The molecule has 8 heteroatoms. The van der Waals surface area contributed by atoms with Crippen molar-refractivity contribution in [2.45, 2.75) is 13.5 Å². The van der Waals surface area contributed by atoms with Crippen molar-refractivity contribution in [1.82, 2.24) is 10.7 Å².